The Kier molecular flexibility index (Phi) is 7.22. The van der Waals surface area contributed by atoms with E-state index in [9.17, 15) is 18.0 Å². The van der Waals surface area contributed by atoms with Crippen LogP contribution in [0.2, 0.25) is 0 Å². The second-order valence-electron chi connectivity index (χ2n) is 7.15. The molecule has 1 aliphatic rings. The lowest BCUT2D eigenvalue weighted by Crippen LogP contribution is -2.29. The number of alkyl halides is 3. The summed E-state index contributed by atoms with van der Waals surface area (Å²) in [4.78, 5) is 16.0. The quantitative estimate of drug-likeness (QED) is 0.584. The van der Waals surface area contributed by atoms with E-state index >= 15 is 0 Å². The number of hydrogen-bond donors (Lipinski definition) is 2. The number of halogens is 3. The van der Waals surface area contributed by atoms with Crippen LogP contribution >= 0.6 is 0 Å². The third-order valence-corrected chi connectivity index (χ3v) is 5.04. The Morgan fingerprint density at radius 3 is 2.66 bits per heavy atom. The van der Waals surface area contributed by atoms with E-state index in [1.807, 2.05) is 26.8 Å². The molecule has 1 atom stereocenters. The van der Waals surface area contributed by atoms with Crippen LogP contribution in [0.1, 0.15) is 56.1 Å². The van der Waals surface area contributed by atoms with Crippen LogP contribution in [0.15, 0.2) is 48.6 Å². The molecule has 1 amide bonds. The summed E-state index contributed by atoms with van der Waals surface area (Å²) in [7, 11) is 0. The highest BCUT2D eigenvalue weighted by atomic mass is 19.4. The van der Waals surface area contributed by atoms with Gasteiger partial charge in [0.25, 0.3) is 5.91 Å². The Labute approximate surface area is 184 Å². The number of allylic oxidation sites excluding steroid dienone is 1. The van der Waals surface area contributed by atoms with Crippen molar-refractivity contribution in [1.29, 1.82) is 0 Å². The van der Waals surface area contributed by atoms with E-state index < -0.39 is 11.9 Å². The second kappa shape index (κ2) is 9.88. The van der Waals surface area contributed by atoms with Gasteiger partial charge in [-0.25, -0.2) is 4.98 Å². The molecular weight excluding hydrogens is 421 g/mol. The maximum atomic E-state index is 13.0. The second-order valence-corrected chi connectivity index (χ2v) is 7.15. The standard InChI is InChI=1S/C20H21F3N6O.C2H6/c1-2-28-11-13(10-24-28)19(30)26-15-8-6-14(7-9-15)25-17-4-3-5-18-27-16(12-29(17)18)20(21,22)23;1-2/h3-5,8,10-12,14,25H,2,6-7,9H2,1H3,(H,26,30);1-2H3. The first kappa shape index (κ1) is 23.4. The molecule has 172 valence electrons. The van der Waals surface area contributed by atoms with Crippen LogP contribution in [0.5, 0.6) is 0 Å². The maximum absolute atomic E-state index is 13.0. The average Bonchev–Trinajstić information content (AvgIpc) is 3.44. The van der Waals surface area contributed by atoms with Gasteiger partial charge in [0.1, 0.15) is 11.5 Å². The maximum Gasteiger partial charge on any atom is 0.434 e. The Morgan fingerprint density at radius 1 is 1.25 bits per heavy atom. The molecule has 1 aliphatic carbocycles. The number of aromatic nitrogens is 4. The highest BCUT2D eigenvalue weighted by molar-refractivity contribution is 5.94. The summed E-state index contributed by atoms with van der Waals surface area (Å²) in [6.45, 7) is 6.64. The van der Waals surface area contributed by atoms with Crippen LogP contribution < -0.4 is 10.6 Å². The van der Waals surface area contributed by atoms with Gasteiger partial charge in [-0.15, -0.1) is 0 Å². The van der Waals surface area contributed by atoms with E-state index in [-0.39, 0.29) is 17.6 Å². The van der Waals surface area contributed by atoms with Crippen molar-refractivity contribution < 1.29 is 18.0 Å². The van der Waals surface area contributed by atoms with Gasteiger partial charge in [-0.1, -0.05) is 26.0 Å². The van der Waals surface area contributed by atoms with Crippen LogP contribution in [-0.4, -0.2) is 31.1 Å². The molecule has 3 aromatic rings. The van der Waals surface area contributed by atoms with E-state index in [0.29, 0.717) is 30.8 Å². The predicted octanol–water partition coefficient (Wildman–Crippen LogP) is 4.87. The summed E-state index contributed by atoms with van der Waals surface area (Å²) in [5, 5.41) is 10.3. The molecule has 1 unspecified atom stereocenters. The summed E-state index contributed by atoms with van der Waals surface area (Å²) in [6, 6.07) is 4.97. The SMILES string of the molecule is CC.CCn1cc(C(=O)NC2=CCC(Nc3cccc4nc(C(F)(F)F)cn34)CC2)cn1. The Balaban J connectivity index is 0.00000141. The molecule has 0 fully saturated rings. The van der Waals surface area contributed by atoms with Crippen LogP contribution in [0.3, 0.4) is 0 Å². The summed E-state index contributed by atoms with van der Waals surface area (Å²) >= 11 is 0. The van der Waals surface area contributed by atoms with Gasteiger partial charge >= 0.3 is 6.18 Å². The number of pyridine rings is 1. The van der Waals surface area contributed by atoms with E-state index in [1.54, 1.807) is 23.0 Å². The molecule has 0 saturated heterocycles. The van der Waals surface area contributed by atoms with Crippen LogP contribution in [0, 0.1) is 0 Å². The number of carbonyl (C=O) groups excluding carboxylic acids is 1. The zero-order valence-corrected chi connectivity index (χ0v) is 18.3. The molecule has 0 radical (unpaired) electrons. The third-order valence-electron chi connectivity index (χ3n) is 5.04. The molecule has 2 N–H and O–H groups in total. The fourth-order valence-electron chi connectivity index (χ4n) is 3.42. The lowest BCUT2D eigenvalue weighted by molar-refractivity contribution is -0.140. The number of anilines is 1. The molecule has 10 heteroatoms. The van der Waals surface area contributed by atoms with E-state index in [2.05, 4.69) is 20.7 Å². The summed E-state index contributed by atoms with van der Waals surface area (Å²) in [5.41, 5.74) is 0.656. The normalized spacial score (nSPS) is 16.2. The number of hydrogen-bond acceptors (Lipinski definition) is 4. The minimum atomic E-state index is -4.49. The lowest BCUT2D eigenvalue weighted by Gasteiger charge is -2.24. The highest BCUT2D eigenvalue weighted by Crippen LogP contribution is 2.30. The van der Waals surface area contributed by atoms with Gasteiger partial charge in [-0.05, 0) is 38.3 Å². The number of nitrogens with one attached hydrogen (secondary N) is 2. The summed E-state index contributed by atoms with van der Waals surface area (Å²) < 4.78 is 42.0. The van der Waals surface area contributed by atoms with E-state index in [0.717, 1.165) is 18.3 Å². The number of carbonyl (C=O) groups is 1. The van der Waals surface area contributed by atoms with Crippen molar-refractivity contribution in [2.45, 2.75) is 58.8 Å². The van der Waals surface area contributed by atoms with Crippen molar-refractivity contribution in [2.75, 3.05) is 5.32 Å². The van der Waals surface area contributed by atoms with Gasteiger partial charge in [0.15, 0.2) is 5.69 Å². The summed E-state index contributed by atoms with van der Waals surface area (Å²) in [5.74, 6) is 0.351. The first-order valence-corrected chi connectivity index (χ1v) is 10.7. The minimum Gasteiger partial charge on any atom is -0.368 e. The molecule has 0 aromatic carbocycles. The van der Waals surface area contributed by atoms with Gasteiger partial charge in [0.2, 0.25) is 0 Å². The molecule has 0 bridgehead atoms. The third kappa shape index (κ3) is 5.30. The van der Waals surface area contributed by atoms with Crippen LogP contribution in [0.25, 0.3) is 5.65 Å². The molecule has 32 heavy (non-hydrogen) atoms. The van der Waals surface area contributed by atoms with Crippen molar-refractivity contribution in [3.63, 3.8) is 0 Å². The largest absolute Gasteiger partial charge is 0.434 e. The number of amides is 1. The van der Waals surface area contributed by atoms with Crippen molar-refractivity contribution in [3.05, 3.63) is 59.8 Å². The Hall–Kier alpha value is -3.30. The molecule has 7 nitrogen and oxygen atoms in total. The minimum absolute atomic E-state index is 0.0378. The topological polar surface area (TPSA) is 76.2 Å². The fourth-order valence-corrected chi connectivity index (χ4v) is 3.42. The van der Waals surface area contributed by atoms with Crippen molar-refractivity contribution in [3.8, 4) is 0 Å². The van der Waals surface area contributed by atoms with Crippen molar-refractivity contribution >= 4 is 17.4 Å². The molecule has 3 aromatic heterocycles. The zero-order valence-electron chi connectivity index (χ0n) is 18.3. The van der Waals surface area contributed by atoms with Gasteiger partial charge in [0.05, 0.1) is 11.8 Å². The van der Waals surface area contributed by atoms with E-state index in [1.165, 1.54) is 16.7 Å². The Morgan fingerprint density at radius 2 is 2.03 bits per heavy atom. The van der Waals surface area contributed by atoms with Gasteiger partial charge in [-0.3, -0.25) is 13.9 Å². The number of imidazole rings is 1. The smallest absolute Gasteiger partial charge is 0.368 e. The molecule has 0 saturated carbocycles. The van der Waals surface area contributed by atoms with E-state index in [4.69, 9.17) is 0 Å². The predicted molar refractivity (Wildman–Crippen MR) is 116 cm³/mol. The highest BCUT2D eigenvalue weighted by Gasteiger charge is 2.34. The molecule has 4 rings (SSSR count). The first-order valence-electron chi connectivity index (χ1n) is 10.7. The first-order chi connectivity index (χ1) is 15.3. The molecule has 0 spiro atoms. The van der Waals surface area contributed by atoms with Crippen LogP contribution in [0.4, 0.5) is 19.0 Å². The van der Waals surface area contributed by atoms with Gasteiger partial charge < -0.3 is 10.6 Å². The monoisotopic (exact) mass is 448 g/mol. The Bertz CT molecular complexity index is 1100. The van der Waals surface area contributed by atoms with Crippen LogP contribution in [-0.2, 0) is 12.7 Å². The average molecular weight is 448 g/mol. The summed E-state index contributed by atoms with van der Waals surface area (Å²) in [6.07, 6.45) is 3.71. The molecular formula is C22H27F3N6O. The number of fused-ring (bicyclic) bond motifs is 1. The number of aryl methyl sites for hydroxylation is 1. The zero-order chi connectivity index (χ0) is 23.3. The van der Waals surface area contributed by atoms with Gasteiger partial charge in [0, 0.05) is 30.7 Å². The van der Waals surface area contributed by atoms with Crippen molar-refractivity contribution in [1.82, 2.24) is 24.5 Å². The number of nitrogens with zero attached hydrogens (tertiary/aromatic N) is 4. The lowest BCUT2D eigenvalue weighted by atomic mass is 9.99. The number of rotatable bonds is 5. The van der Waals surface area contributed by atoms with Crippen molar-refractivity contribution in [2.24, 2.45) is 0 Å². The molecule has 0 aliphatic heterocycles. The van der Waals surface area contributed by atoms with Gasteiger partial charge in [-0.2, -0.15) is 18.3 Å². The fraction of sp³-hybridized carbons (Fsp3) is 0.409. The molecule has 3 heterocycles.